The van der Waals surface area contributed by atoms with Gasteiger partial charge in [-0.25, -0.2) is 4.79 Å². The number of rotatable bonds is 8. The first-order valence-electron chi connectivity index (χ1n) is 9.43. The molecule has 0 bridgehead atoms. The highest BCUT2D eigenvalue weighted by Gasteiger charge is 2.09. The Bertz CT molecular complexity index is 1010. The number of ether oxygens (including phenoxy) is 3. The number of carbonyl (C=O) groups is 2. The van der Waals surface area contributed by atoms with E-state index in [2.05, 4.69) is 5.32 Å². The van der Waals surface area contributed by atoms with Gasteiger partial charge in [-0.3, -0.25) is 4.79 Å². The summed E-state index contributed by atoms with van der Waals surface area (Å²) in [5, 5.41) is 2.74. The molecule has 0 fully saturated rings. The van der Waals surface area contributed by atoms with Gasteiger partial charge in [0.05, 0.1) is 12.7 Å². The number of hydrogen-bond acceptors (Lipinski definition) is 5. The second-order valence-electron chi connectivity index (χ2n) is 6.60. The quantitative estimate of drug-likeness (QED) is 0.563. The van der Waals surface area contributed by atoms with Crippen LogP contribution in [0.5, 0.6) is 11.5 Å². The van der Waals surface area contributed by atoms with Crippen molar-refractivity contribution in [1.29, 1.82) is 0 Å². The van der Waals surface area contributed by atoms with Gasteiger partial charge in [-0.15, -0.1) is 0 Å². The molecule has 0 unspecified atom stereocenters. The van der Waals surface area contributed by atoms with E-state index in [9.17, 15) is 9.59 Å². The molecule has 0 atom stereocenters. The highest BCUT2D eigenvalue weighted by molar-refractivity contribution is 5.92. The van der Waals surface area contributed by atoms with Gasteiger partial charge in [0, 0.05) is 11.8 Å². The zero-order chi connectivity index (χ0) is 21.3. The Balaban J connectivity index is 1.48. The zero-order valence-electron chi connectivity index (χ0n) is 16.9. The van der Waals surface area contributed by atoms with Crippen molar-refractivity contribution in [3.8, 4) is 11.5 Å². The second kappa shape index (κ2) is 10.1. The van der Waals surface area contributed by atoms with E-state index in [0.29, 0.717) is 22.7 Å². The predicted molar refractivity (Wildman–Crippen MR) is 114 cm³/mol. The lowest BCUT2D eigenvalue weighted by Crippen LogP contribution is -2.20. The number of methoxy groups -OCH3 is 1. The second-order valence-corrected chi connectivity index (χ2v) is 6.60. The Morgan fingerprint density at radius 2 is 1.67 bits per heavy atom. The van der Waals surface area contributed by atoms with E-state index in [0.717, 1.165) is 11.1 Å². The third-order valence-electron chi connectivity index (χ3n) is 4.43. The molecule has 1 N–H and O–H groups in total. The van der Waals surface area contributed by atoms with Crippen molar-refractivity contribution >= 4 is 17.6 Å². The van der Waals surface area contributed by atoms with Gasteiger partial charge in [0.15, 0.2) is 6.61 Å². The Labute approximate surface area is 175 Å². The molecular formula is C24H23NO5. The van der Waals surface area contributed by atoms with Crippen LogP contribution in [0.3, 0.4) is 0 Å². The molecule has 0 saturated carbocycles. The number of benzene rings is 3. The SMILES string of the molecule is COc1cccc(NC(=O)COc2ccc(C(=O)OCc3ccccc3C)cc2)c1. The molecule has 1 amide bonds. The van der Waals surface area contributed by atoms with Gasteiger partial charge in [-0.05, 0) is 54.4 Å². The molecule has 3 aromatic rings. The maximum absolute atomic E-state index is 12.2. The highest BCUT2D eigenvalue weighted by Crippen LogP contribution is 2.17. The van der Waals surface area contributed by atoms with Gasteiger partial charge in [0.1, 0.15) is 18.1 Å². The van der Waals surface area contributed by atoms with Crippen LogP contribution in [-0.2, 0) is 16.1 Å². The lowest BCUT2D eigenvalue weighted by molar-refractivity contribution is -0.118. The van der Waals surface area contributed by atoms with E-state index < -0.39 is 5.97 Å². The van der Waals surface area contributed by atoms with Crippen LogP contribution < -0.4 is 14.8 Å². The van der Waals surface area contributed by atoms with E-state index in [-0.39, 0.29) is 19.1 Å². The van der Waals surface area contributed by atoms with Crippen molar-refractivity contribution in [2.24, 2.45) is 0 Å². The summed E-state index contributed by atoms with van der Waals surface area (Å²) in [7, 11) is 1.56. The fourth-order valence-electron chi connectivity index (χ4n) is 2.73. The molecule has 0 aliphatic heterocycles. The van der Waals surface area contributed by atoms with Gasteiger partial charge in [-0.1, -0.05) is 30.3 Å². The molecule has 3 aromatic carbocycles. The Kier molecular flexibility index (Phi) is 7.05. The van der Waals surface area contributed by atoms with Crippen molar-refractivity contribution in [3.63, 3.8) is 0 Å². The van der Waals surface area contributed by atoms with Crippen LogP contribution in [0.4, 0.5) is 5.69 Å². The average molecular weight is 405 g/mol. The van der Waals surface area contributed by atoms with E-state index in [1.165, 1.54) is 0 Å². The summed E-state index contributed by atoms with van der Waals surface area (Å²) in [4.78, 5) is 24.3. The van der Waals surface area contributed by atoms with Crippen molar-refractivity contribution in [2.75, 3.05) is 19.0 Å². The molecule has 30 heavy (non-hydrogen) atoms. The first kappa shape index (κ1) is 20.9. The molecule has 0 aromatic heterocycles. The first-order valence-corrected chi connectivity index (χ1v) is 9.43. The number of carbonyl (C=O) groups excluding carboxylic acids is 2. The van der Waals surface area contributed by atoms with Gasteiger partial charge in [0.25, 0.3) is 5.91 Å². The topological polar surface area (TPSA) is 73.9 Å². The van der Waals surface area contributed by atoms with Crippen LogP contribution in [0.15, 0.2) is 72.8 Å². The number of nitrogens with one attached hydrogen (secondary N) is 1. The molecule has 0 heterocycles. The molecule has 0 saturated heterocycles. The van der Waals surface area contributed by atoms with E-state index in [4.69, 9.17) is 14.2 Å². The van der Waals surface area contributed by atoms with E-state index >= 15 is 0 Å². The fraction of sp³-hybridized carbons (Fsp3) is 0.167. The van der Waals surface area contributed by atoms with Gasteiger partial charge in [0.2, 0.25) is 0 Å². The predicted octanol–water partition coefficient (Wildman–Crippen LogP) is 4.38. The highest BCUT2D eigenvalue weighted by atomic mass is 16.5. The minimum absolute atomic E-state index is 0.158. The summed E-state index contributed by atoms with van der Waals surface area (Å²) < 4.78 is 16.0. The molecule has 3 rings (SSSR count). The minimum atomic E-state index is -0.416. The third-order valence-corrected chi connectivity index (χ3v) is 4.43. The van der Waals surface area contributed by atoms with Crippen molar-refractivity contribution < 1.29 is 23.8 Å². The fourth-order valence-corrected chi connectivity index (χ4v) is 2.73. The first-order chi connectivity index (χ1) is 14.5. The Hall–Kier alpha value is -3.80. The standard InChI is InChI=1S/C24H23NO5/c1-17-6-3-4-7-19(17)15-30-24(27)18-10-12-21(13-11-18)29-16-23(26)25-20-8-5-9-22(14-20)28-2/h3-14H,15-16H2,1-2H3,(H,25,26). The lowest BCUT2D eigenvalue weighted by atomic mass is 10.1. The van der Waals surface area contributed by atoms with Gasteiger partial charge < -0.3 is 19.5 Å². The van der Waals surface area contributed by atoms with Crippen molar-refractivity contribution in [1.82, 2.24) is 0 Å². The Morgan fingerprint density at radius 3 is 2.40 bits per heavy atom. The number of esters is 1. The molecule has 6 heteroatoms. The molecule has 6 nitrogen and oxygen atoms in total. The number of anilines is 1. The molecule has 0 aliphatic rings. The molecule has 0 radical (unpaired) electrons. The molecule has 0 aliphatic carbocycles. The zero-order valence-corrected chi connectivity index (χ0v) is 16.9. The molecular weight excluding hydrogens is 382 g/mol. The van der Waals surface area contributed by atoms with Crippen molar-refractivity contribution in [3.05, 3.63) is 89.5 Å². The maximum atomic E-state index is 12.2. The summed E-state index contributed by atoms with van der Waals surface area (Å²) in [6.45, 7) is 2.03. The maximum Gasteiger partial charge on any atom is 0.338 e. The molecule has 0 spiro atoms. The van der Waals surface area contributed by atoms with Crippen LogP contribution in [0.2, 0.25) is 0 Å². The van der Waals surface area contributed by atoms with Gasteiger partial charge in [-0.2, -0.15) is 0 Å². The third kappa shape index (κ3) is 5.85. The normalized spacial score (nSPS) is 10.2. The van der Waals surface area contributed by atoms with Crippen LogP contribution in [-0.4, -0.2) is 25.6 Å². The lowest BCUT2D eigenvalue weighted by Gasteiger charge is -2.10. The van der Waals surface area contributed by atoms with Gasteiger partial charge >= 0.3 is 5.97 Å². The molecule has 154 valence electrons. The summed E-state index contributed by atoms with van der Waals surface area (Å²) >= 11 is 0. The van der Waals surface area contributed by atoms with Crippen LogP contribution in [0, 0.1) is 6.92 Å². The summed E-state index contributed by atoms with van der Waals surface area (Å²) in [5.74, 6) is 0.412. The number of hydrogen-bond donors (Lipinski definition) is 1. The minimum Gasteiger partial charge on any atom is -0.497 e. The summed E-state index contributed by atoms with van der Waals surface area (Å²) in [6, 6.07) is 21.3. The number of amides is 1. The van der Waals surface area contributed by atoms with E-state index in [1.54, 1.807) is 55.6 Å². The monoisotopic (exact) mass is 405 g/mol. The van der Waals surface area contributed by atoms with Crippen LogP contribution in [0.1, 0.15) is 21.5 Å². The summed E-state index contributed by atoms with van der Waals surface area (Å²) in [6.07, 6.45) is 0. The number of aryl methyl sites for hydroxylation is 1. The largest absolute Gasteiger partial charge is 0.497 e. The average Bonchev–Trinajstić information content (AvgIpc) is 2.77. The van der Waals surface area contributed by atoms with Crippen LogP contribution >= 0.6 is 0 Å². The smallest absolute Gasteiger partial charge is 0.338 e. The Morgan fingerprint density at radius 1 is 0.900 bits per heavy atom. The van der Waals surface area contributed by atoms with E-state index in [1.807, 2.05) is 31.2 Å². The van der Waals surface area contributed by atoms with Crippen LogP contribution in [0.25, 0.3) is 0 Å². The summed E-state index contributed by atoms with van der Waals surface area (Å²) in [5.41, 5.74) is 3.07. The van der Waals surface area contributed by atoms with Crippen molar-refractivity contribution in [2.45, 2.75) is 13.5 Å².